The lowest BCUT2D eigenvalue weighted by molar-refractivity contribution is -0.123. The predicted molar refractivity (Wildman–Crippen MR) is 138 cm³/mol. The lowest BCUT2D eigenvalue weighted by Crippen LogP contribution is -2.54. The van der Waals surface area contributed by atoms with Crippen molar-refractivity contribution in [1.82, 2.24) is 4.31 Å². The average molecular weight is 568 g/mol. The molecular weight excluding hydrogens is 548 g/mol. The van der Waals surface area contributed by atoms with Crippen LogP contribution in [0.3, 0.4) is 0 Å². The molecule has 1 atom stereocenters. The third kappa shape index (κ3) is 4.94. The van der Waals surface area contributed by atoms with Gasteiger partial charge in [-0.3, -0.25) is 4.79 Å². The number of carbonyl (C=O) groups excluding carboxylic acids is 1. The molecule has 2 aromatic carbocycles. The number of sulfonamides is 1. The highest BCUT2D eigenvalue weighted by Gasteiger charge is 2.41. The van der Waals surface area contributed by atoms with Crippen LogP contribution >= 0.6 is 34.5 Å². The van der Waals surface area contributed by atoms with Crippen molar-refractivity contribution in [3.05, 3.63) is 63.7 Å². The van der Waals surface area contributed by atoms with E-state index in [0.29, 0.717) is 23.3 Å². The number of methoxy groups -OCH3 is 1. The molecule has 188 valence electrons. The van der Waals surface area contributed by atoms with Crippen LogP contribution in [0.1, 0.15) is 12.8 Å². The highest BCUT2D eigenvalue weighted by molar-refractivity contribution is 7.91. The number of anilines is 1. The van der Waals surface area contributed by atoms with Gasteiger partial charge in [-0.25, -0.2) is 12.8 Å². The van der Waals surface area contributed by atoms with Crippen molar-refractivity contribution in [2.24, 2.45) is 0 Å². The van der Waals surface area contributed by atoms with Gasteiger partial charge >= 0.3 is 0 Å². The van der Waals surface area contributed by atoms with E-state index >= 15 is 4.39 Å². The van der Waals surface area contributed by atoms with Crippen LogP contribution in [0.25, 0.3) is 11.1 Å². The number of halogens is 3. The van der Waals surface area contributed by atoms with Gasteiger partial charge in [0.1, 0.15) is 32.7 Å². The molecule has 36 heavy (non-hydrogen) atoms. The molecule has 0 saturated carbocycles. The zero-order valence-electron chi connectivity index (χ0n) is 18.9. The topological polar surface area (TPSA) is 90.7 Å². The van der Waals surface area contributed by atoms with Crippen molar-refractivity contribution < 1.29 is 22.3 Å². The quantitative estimate of drug-likeness (QED) is 0.347. The van der Waals surface area contributed by atoms with Gasteiger partial charge < -0.3 is 9.64 Å². The second kappa shape index (κ2) is 10.7. The maximum absolute atomic E-state index is 15.3. The molecule has 0 bridgehead atoms. The molecule has 4 rings (SSSR count). The highest BCUT2D eigenvalue weighted by atomic mass is 35.5. The maximum Gasteiger partial charge on any atom is 0.254 e. The van der Waals surface area contributed by atoms with Crippen molar-refractivity contribution >= 4 is 56.2 Å². The Labute approximate surface area is 222 Å². The lowest BCUT2D eigenvalue weighted by atomic mass is 10.0. The van der Waals surface area contributed by atoms with Crippen LogP contribution < -0.4 is 9.64 Å². The van der Waals surface area contributed by atoms with Gasteiger partial charge in [0.15, 0.2) is 0 Å². The summed E-state index contributed by atoms with van der Waals surface area (Å²) in [6, 6.07) is 13.5. The number of carbonyl (C=O) groups is 1. The number of hydrogen-bond donors (Lipinski definition) is 0. The van der Waals surface area contributed by atoms with Crippen molar-refractivity contribution in [3.63, 3.8) is 0 Å². The molecule has 12 heteroatoms. The van der Waals surface area contributed by atoms with Crippen LogP contribution in [0.2, 0.25) is 9.36 Å². The van der Waals surface area contributed by atoms with Crippen LogP contribution in [0.15, 0.2) is 52.7 Å². The van der Waals surface area contributed by atoms with E-state index < -0.39 is 34.3 Å². The normalized spacial score (nSPS) is 16.3. The molecule has 7 nitrogen and oxygen atoms in total. The number of amides is 1. The minimum Gasteiger partial charge on any atom is -0.496 e. The molecule has 0 aliphatic carbocycles. The molecule has 2 heterocycles. The Morgan fingerprint density at radius 2 is 2.00 bits per heavy atom. The van der Waals surface area contributed by atoms with Gasteiger partial charge in [-0.1, -0.05) is 47.5 Å². The van der Waals surface area contributed by atoms with Crippen LogP contribution in [-0.4, -0.2) is 44.9 Å². The summed E-state index contributed by atoms with van der Waals surface area (Å²) < 4.78 is 48.0. The Morgan fingerprint density at radius 3 is 2.64 bits per heavy atom. The number of benzene rings is 2. The van der Waals surface area contributed by atoms with E-state index in [2.05, 4.69) is 0 Å². The van der Waals surface area contributed by atoms with E-state index in [4.69, 9.17) is 27.9 Å². The molecule has 1 aliphatic heterocycles. The van der Waals surface area contributed by atoms with Gasteiger partial charge in [-0.05, 0) is 42.7 Å². The molecule has 0 radical (unpaired) electrons. The summed E-state index contributed by atoms with van der Waals surface area (Å²) in [7, 11) is -2.74. The molecule has 0 spiro atoms. The third-order valence-corrected chi connectivity index (χ3v) is 10.00. The van der Waals surface area contributed by atoms with E-state index in [1.165, 1.54) is 30.2 Å². The summed E-state index contributed by atoms with van der Waals surface area (Å²) in [5.41, 5.74) is 1.28. The summed E-state index contributed by atoms with van der Waals surface area (Å²) in [6.45, 7) is -0.355. The Bertz CT molecular complexity index is 1440. The maximum atomic E-state index is 15.3. The number of thiophene rings is 1. The summed E-state index contributed by atoms with van der Waals surface area (Å²) in [5, 5.41) is 9.39. The van der Waals surface area contributed by atoms with Crippen LogP contribution in [0.5, 0.6) is 5.75 Å². The van der Waals surface area contributed by atoms with Gasteiger partial charge in [0.05, 0.1) is 23.9 Å². The fourth-order valence-electron chi connectivity index (χ4n) is 4.14. The van der Waals surface area contributed by atoms with Crippen LogP contribution in [0, 0.1) is 17.1 Å². The fraction of sp³-hybridized carbons (Fsp3) is 0.250. The minimum absolute atomic E-state index is 0.0277. The molecule has 1 fully saturated rings. The number of hydrogen-bond acceptors (Lipinski definition) is 6. The first-order valence-electron chi connectivity index (χ1n) is 10.8. The molecule has 1 aliphatic rings. The highest BCUT2D eigenvalue weighted by Crippen LogP contribution is 2.38. The Hall–Kier alpha value is -2.68. The number of nitriles is 1. The van der Waals surface area contributed by atoms with E-state index in [1.54, 1.807) is 30.3 Å². The zero-order chi connectivity index (χ0) is 26.0. The molecule has 1 amide bonds. The third-order valence-electron chi connectivity index (χ3n) is 5.83. The standard InChI is InChI=1S/C24H20Cl2FN3O4S2/c1-34-21-7-3-2-5-16(21)15-8-9-19(18(27)13-15)29-11-4-6-20(24(29)31)30(12-10-28)36(32,33)22-14-17(25)23(26)35-22/h2-3,5,7-9,13-14,20H,4,6,11-12H2,1H3. The second-order valence-corrected chi connectivity index (χ2v) is 12.1. The first-order valence-corrected chi connectivity index (χ1v) is 13.8. The van der Waals surface area contributed by atoms with Crippen molar-refractivity contribution in [1.29, 1.82) is 5.26 Å². The molecule has 1 saturated heterocycles. The minimum atomic E-state index is -4.26. The van der Waals surface area contributed by atoms with Gasteiger partial charge in [0.2, 0.25) is 5.91 Å². The second-order valence-electron chi connectivity index (χ2n) is 7.91. The summed E-state index contributed by atoms with van der Waals surface area (Å²) in [4.78, 5) is 14.7. The van der Waals surface area contributed by atoms with Gasteiger partial charge in [0, 0.05) is 12.1 Å². The van der Waals surface area contributed by atoms with E-state index in [-0.39, 0.29) is 32.2 Å². The number of rotatable bonds is 7. The summed E-state index contributed by atoms with van der Waals surface area (Å²) >= 11 is 12.6. The molecule has 1 aromatic heterocycles. The van der Waals surface area contributed by atoms with E-state index in [9.17, 15) is 18.5 Å². The molecular formula is C24H20Cl2FN3O4S2. The fourth-order valence-corrected chi connectivity index (χ4v) is 7.66. The monoisotopic (exact) mass is 567 g/mol. The number of ether oxygens (including phenoxy) is 1. The number of para-hydroxylation sites is 1. The first kappa shape index (κ1) is 26.4. The van der Waals surface area contributed by atoms with Gasteiger partial charge in [-0.15, -0.1) is 11.3 Å². The Balaban J connectivity index is 1.67. The molecule has 1 unspecified atom stereocenters. The van der Waals surface area contributed by atoms with Crippen molar-refractivity contribution in [3.8, 4) is 22.9 Å². The number of nitrogens with zero attached hydrogens (tertiary/aromatic N) is 3. The van der Waals surface area contributed by atoms with Crippen molar-refractivity contribution in [2.75, 3.05) is 25.1 Å². The Kier molecular flexibility index (Phi) is 7.87. The van der Waals surface area contributed by atoms with Crippen molar-refractivity contribution in [2.45, 2.75) is 23.1 Å². The summed E-state index contributed by atoms with van der Waals surface area (Å²) in [6.07, 6.45) is 0.595. The van der Waals surface area contributed by atoms with E-state index in [1.807, 2.05) is 6.07 Å². The van der Waals surface area contributed by atoms with E-state index in [0.717, 1.165) is 15.6 Å². The molecule has 3 aromatic rings. The smallest absolute Gasteiger partial charge is 0.254 e. The largest absolute Gasteiger partial charge is 0.496 e. The first-order chi connectivity index (χ1) is 17.2. The molecule has 0 N–H and O–H groups in total. The lowest BCUT2D eigenvalue weighted by Gasteiger charge is -2.36. The van der Waals surface area contributed by atoms with Gasteiger partial charge in [0.25, 0.3) is 10.0 Å². The number of piperidine rings is 1. The zero-order valence-corrected chi connectivity index (χ0v) is 22.1. The Morgan fingerprint density at radius 1 is 1.25 bits per heavy atom. The van der Waals surface area contributed by atoms with Crippen LogP contribution in [0.4, 0.5) is 10.1 Å². The SMILES string of the molecule is COc1ccccc1-c1ccc(N2CCCC(N(CC#N)S(=O)(=O)c3cc(Cl)c(Cl)s3)C2=O)c(F)c1. The average Bonchev–Trinajstić information content (AvgIpc) is 3.22. The predicted octanol–water partition coefficient (Wildman–Crippen LogP) is 5.58. The van der Waals surface area contributed by atoms with Gasteiger partial charge in [-0.2, -0.15) is 9.57 Å². The summed E-state index contributed by atoms with van der Waals surface area (Å²) in [5.74, 6) is -0.679. The van der Waals surface area contributed by atoms with Crippen LogP contribution in [-0.2, 0) is 14.8 Å².